The van der Waals surface area contributed by atoms with E-state index >= 15 is 0 Å². The summed E-state index contributed by atoms with van der Waals surface area (Å²) in [6.07, 6.45) is 2.37. The summed E-state index contributed by atoms with van der Waals surface area (Å²) in [7, 11) is 0. The number of rotatable bonds is 7. The molecule has 3 aromatic rings. The fourth-order valence-corrected chi connectivity index (χ4v) is 4.19. The van der Waals surface area contributed by atoms with Crippen LogP contribution < -0.4 is 21.1 Å². The third-order valence-electron chi connectivity index (χ3n) is 6.24. The second kappa shape index (κ2) is 8.46. The molecule has 2 heterocycles. The van der Waals surface area contributed by atoms with Crippen LogP contribution in [0.5, 0.6) is 11.5 Å². The van der Waals surface area contributed by atoms with Gasteiger partial charge in [0.2, 0.25) is 11.8 Å². The van der Waals surface area contributed by atoms with Crippen molar-refractivity contribution in [1.29, 1.82) is 0 Å². The smallest absolute Gasteiger partial charge is 0.252 e. The number of pyridine rings is 1. The van der Waals surface area contributed by atoms with Crippen molar-refractivity contribution < 1.29 is 27.9 Å². The van der Waals surface area contributed by atoms with E-state index in [0.717, 1.165) is 12.1 Å². The van der Waals surface area contributed by atoms with Gasteiger partial charge < -0.3 is 21.1 Å². The Bertz CT molecular complexity index is 1370. The first-order valence-electron chi connectivity index (χ1n) is 10.9. The van der Waals surface area contributed by atoms with Crippen LogP contribution in [0.15, 0.2) is 54.7 Å². The molecule has 2 aliphatic rings. The van der Waals surface area contributed by atoms with Gasteiger partial charge in [0.25, 0.3) is 5.91 Å². The SMILES string of the molecule is NC(=O)C1(c2cc(Oc3cc(F)c(NC(=O)CC4NC(=O)c5ccccc54)cc3F)ccn2)CC1. The molecule has 1 aliphatic carbocycles. The lowest BCUT2D eigenvalue weighted by atomic mass is 10.0. The second-order valence-electron chi connectivity index (χ2n) is 8.55. The highest BCUT2D eigenvalue weighted by atomic mass is 19.1. The van der Waals surface area contributed by atoms with E-state index in [1.54, 1.807) is 24.3 Å². The van der Waals surface area contributed by atoms with Crippen LogP contribution in [-0.4, -0.2) is 22.7 Å². The van der Waals surface area contributed by atoms with Gasteiger partial charge in [-0.2, -0.15) is 0 Å². The van der Waals surface area contributed by atoms with Crippen molar-refractivity contribution in [2.45, 2.75) is 30.7 Å². The monoisotopic (exact) mass is 478 g/mol. The molecule has 10 heteroatoms. The van der Waals surface area contributed by atoms with Crippen LogP contribution in [0.4, 0.5) is 14.5 Å². The summed E-state index contributed by atoms with van der Waals surface area (Å²) < 4.78 is 34.9. The van der Waals surface area contributed by atoms with E-state index in [0.29, 0.717) is 29.7 Å². The molecule has 1 saturated carbocycles. The first-order valence-corrected chi connectivity index (χ1v) is 10.9. The Hall–Kier alpha value is -4.34. The average molecular weight is 478 g/mol. The number of nitrogens with zero attached hydrogens (tertiary/aromatic N) is 1. The van der Waals surface area contributed by atoms with Crippen LogP contribution in [0.25, 0.3) is 0 Å². The van der Waals surface area contributed by atoms with Gasteiger partial charge in [0.15, 0.2) is 17.4 Å². The van der Waals surface area contributed by atoms with E-state index in [1.807, 2.05) is 0 Å². The number of primary amides is 1. The van der Waals surface area contributed by atoms with Crippen molar-refractivity contribution in [3.05, 3.63) is 83.2 Å². The van der Waals surface area contributed by atoms with E-state index in [1.165, 1.54) is 18.3 Å². The first kappa shape index (κ1) is 22.5. The van der Waals surface area contributed by atoms with Crippen molar-refractivity contribution in [2.24, 2.45) is 5.73 Å². The maximum absolute atomic E-state index is 14.7. The summed E-state index contributed by atoms with van der Waals surface area (Å²) in [6.45, 7) is 0. The minimum atomic E-state index is -0.907. The predicted octanol–water partition coefficient (Wildman–Crippen LogP) is 3.48. The summed E-state index contributed by atoms with van der Waals surface area (Å²) in [6, 6.07) is 10.8. The molecule has 178 valence electrons. The zero-order valence-corrected chi connectivity index (χ0v) is 18.3. The highest BCUT2D eigenvalue weighted by Crippen LogP contribution is 2.47. The largest absolute Gasteiger partial charge is 0.454 e. The van der Waals surface area contributed by atoms with Crippen LogP contribution in [0.3, 0.4) is 0 Å². The van der Waals surface area contributed by atoms with Crippen molar-refractivity contribution in [2.75, 3.05) is 5.32 Å². The number of nitrogens with two attached hydrogens (primary N) is 1. The summed E-state index contributed by atoms with van der Waals surface area (Å²) in [4.78, 5) is 40.4. The number of aromatic nitrogens is 1. The van der Waals surface area contributed by atoms with Crippen LogP contribution in [0, 0.1) is 11.6 Å². The van der Waals surface area contributed by atoms with E-state index in [9.17, 15) is 23.2 Å². The maximum atomic E-state index is 14.7. The molecule has 1 atom stereocenters. The highest BCUT2D eigenvalue weighted by Gasteiger charge is 2.51. The first-order chi connectivity index (χ1) is 16.8. The van der Waals surface area contributed by atoms with E-state index in [-0.39, 0.29) is 23.8 Å². The highest BCUT2D eigenvalue weighted by molar-refractivity contribution is 6.00. The summed E-state index contributed by atoms with van der Waals surface area (Å²) in [5.41, 5.74) is 5.81. The summed E-state index contributed by atoms with van der Waals surface area (Å²) >= 11 is 0. The van der Waals surface area contributed by atoms with Gasteiger partial charge >= 0.3 is 0 Å². The Balaban J connectivity index is 1.29. The number of hydrogen-bond donors (Lipinski definition) is 3. The molecule has 2 aromatic carbocycles. The van der Waals surface area contributed by atoms with Gasteiger partial charge in [-0.1, -0.05) is 18.2 Å². The lowest BCUT2D eigenvalue weighted by Gasteiger charge is -2.14. The third kappa shape index (κ3) is 4.18. The van der Waals surface area contributed by atoms with Crippen LogP contribution in [0.1, 0.15) is 46.9 Å². The van der Waals surface area contributed by atoms with Crippen molar-refractivity contribution in [1.82, 2.24) is 10.3 Å². The van der Waals surface area contributed by atoms with Crippen LogP contribution >= 0.6 is 0 Å². The van der Waals surface area contributed by atoms with Gasteiger partial charge in [0, 0.05) is 30.0 Å². The molecular formula is C25H20F2N4O4. The molecule has 8 nitrogen and oxygen atoms in total. The fraction of sp³-hybridized carbons (Fsp3) is 0.200. The number of carbonyl (C=O) groups is 3. The number of halogens is 2. The molecule has 1 unspecified atom stereocenters. The molecule has 3 amide bonds. The third-order valence-corrected chi connectivity index (χ3v) is 6.24. The number of ether oxygens (including phenoxy) is 1. The zero-order chi connectivity index (χ0) is 24.7. The normalized spacial score (nSPS) is 17.3. The summed E-state index contributed by atoms with van der Waals surface area (Å²) in [5.74, 6) is -3.45. The number of anilines is 1. The topological polar surface area (TPSA) is 123 Å². The molecule has 1 aliphatic heterocycles. The second-order valence-corrected chi connectivity index (χ2v) is 8.55. The molecule has 5 rings (SSSR count). The number of carbonyl (C=O) groups excluding carboxylic acids is 3. The number of hydrogen-bond acceptors (Lipinski definition) is 5. The van der Waals surface area contributed by atoms with Gasteiger partial charge in [-0.05, 0) is 30.5 Å². The standard InChI is InChI=1S/C25H20F2N4O4/c26-16-11-20(35-13-5-8-29-21(9-13)25(6-7-25)24(28)34)17(27)10-19(16)30-22(32)12-18-14-3-1-2-4-15(14)23(33)31-18/h1-5,8-11,18H,6-7,12H2,(H2,28,34)(H,30,32)(H,31,33). The maximum Gasteiger partial charge on any atom is 0.252 e. The Morgan fingerprint density at radius 3 is 2.66 bits per heavy atom. The van der Waals surface area contributed by atoms with E-state index < -0.39 is 40.7 Å². The average Bonchev–Trinajstić information content (AvgIpc) is 3.59. The van der Waals surface area contributed by atoms with Gasteiger partial charge in [0.1, 0.15) is 5.75 Å². The Morgan fingerprint density at radius 1 is 1.14 bits per heavy atom. The lowest BCUT2D eigenvalue weighted by molar-refractivity contribution is -0.120. The number of benzene rings is 2. The molecule has 1 fully saturated rings. The number of fused-ring (bicyclic) bond motifs is 1. The van der Waals surface area contributed by atoms with Crippen LogP contribution in [-0.2, 0) is 15.0 Å². The van der Waals surface area contributed by atoms with Gasteiger partial charge in [-0.15, -0.1) is 0 Å². The minimum Gasteiger partial charge on any atom is -0.454 e. The lowest BCUT2D eigenvalue weighted by Crippen LogP contribution is -2.29. The van der Waals surface area contributed by atoms with Crippen molar-refractivity contribution in [3.63, 3.8) is 0 Å². The van der Waals surface area contributed by atoms with Crippen LogP contribution in [0.2, 0.25) is 0 Å². The Kier molecular flexibility index (Phi) is 5.43. The molecule has 0 spiro atoms. The van der Waals surface area contributed by atoms with Crippen molar-refractivity contribution >= 4 is 23.4 Å². The molecule has 1 aromatic heterocycles. The molecule has 0 saturated heterocycles. The molecule has 35 heavy (non-hydrogen) atoms. The van der Waals surface area contributed by atoms with E-state index in [4.69, 9.17) is 10.5 Å². The van der Waals surface area contributed by atoms with E-state index in [2.05, 4.69) is 15.6 Å². The number of nitrogens with one attached hydrogen (secondary N) is 2. The quantitative estimate of drug-likeness (QED) is 0.480. The van der Waals surface area contributed by atoms with Gasteiger partial charge in [-0.3, -0.25) is 19.4 Å². The Morgan fingerprint density at radius 2 is 1.91 bits per heavy atom. The Labute approximate surface area is 198 Å². The predicted molar refractivity (Wildman–Crippen MR) is 121 cm³/mol. The fourth-order valence-electron chi connectivity index (χ4n) is 4.19. The zero-order valence-electron chi connectivity index (χ0n) is 18.3. The minimum absolute atomic E-state index is 0.149. The summed E-state index contributed by atoms with van der Waals surface area (Å²) in [5, 5.41) is 5.05. The van der Waals surface area contributed by atoms with Gasteiger partial charge in [0.05, 0.1) is 29.3 Å². The van der Waals surface area contributed by atoms with Gasteiger partial charge in [-0.25, -0.2) is 8.78 Å². The number of amides is 3. The molecular weight excluding hydrogens is 458 g/mol. The van der Waals surface area contributed by atoms with Crippen molar-refractivity contribution in [3.8, 4) is 11.5 Å². The molecule has 0 bridgehead atoms. The molecule has 0 radical (unpaired) electrons. The molecule has 4 N–H and O–H groups in total.